The third-order valence-corrected chi connectivity index (χ3v) is 14.6. The van der Waals surface area contributed by atoms with Gasteiger partial charge in [-0.3, -0.25) is 0 Å². The molecule has 272 valence electrons. The Hall–Kier alpha value is -6.62. The van der Waals surface area contributed by atoms with Crippen molar-refractivity contribution < 1.29 is 0 Å². The fourth-order valence-corrected chi connectivity index (χ4v) is 12.4. The normalized spacial score (nSPS) is 14.6. The lowest BCUT2D eigenvalue weighted by molar-refractivity contribution is 0.795. The van der Waals surface area contributed by atoms with Gasteiger partial charge in [-0.05, 0) is 122 Å². The summed E-state index contributed by atoms with van der Waals surface area (Å²) in [7, 11) is 0. The van der Waals surface area contributed by atoms with Crippen LogP contribution in [0.25, 0.3) is 32.3 Å². The first kappa shape index (κ1) is 32.5. The minimum Gasteiger partial charge on any atom is -0.311 e. The molecule has 0 bridgehead atoms. The summed E-state index contributed by atoms with van der Waals surface area (Å²) in [5, 5.41) is 1.32. The van der Waals surface area contributed by atoms with Crippen molar-refractivity contribution in [3.05, 3.63) is 210 Å². The topological polar surface area (TPSA) is 6.48 Å². The van der Waals surface area contributed by atoms with Crippen LogP contribution in [0.1, 0.15) is 47.6 Å². The lowest BCUT2D eigenvalue weighted by Crippen LogP contribution is -2.60. The van der Waals surface area contributed by atoms with Crippen LogP contribution < -0.4 is 25.5 Å². The molecule has 0 saturated carbocycles. The number of thiophene rings is 1. The maximum absolute atomic E-state index is 2.62. The van der Waals surface area contributed by atoms with Gasteiger partial charge < -0.3 is 9.80 Å². The molecule has 0 radical (unpaired) electrons. The van der Waals surface area contributed by atoms with Crippen molar-refractivity contribution >= 4 is 78.0 Å². The van der Waals surface area contributed by atoms with E-state index in [9.17, 15) is 0 Å². The number of para-hydroxylation sites is 3. The summed E-state index contributed by atoms with van der Waals surface area (Å²) < 4.78 is 2.74. The second-order valence-electron chi connectivity index (χ2n) is 16.6. The SMILES string of the molecule is CC(C)c1cc2c3c(c1)N(c1ccccc1)c1c(sc4cc5c(cc14)C1(c4ccccc4-c4ccccc41)c1ccccc1-5)B3c1ccccc1N2c1ccccc1. The van der Waals surface area contributed by atoms with E-state index in [1.807, 2.05) is 11.3 Å². The highest BCUT2D eigenvalue weighted by Crippen LogP contribution is 2.64. The molecule has 1 aromatic heterocycles. The zero-order valence-electron chi connectivity index (χ0n) is 32.3. The van der Waals surface area contributed by atoms with Crippen LogP contribution in [0.15, 0.2) is 182 Å². The largest absolute Gasteiger partial charge is 0.311 e. The van der Waals surface area contributed by atoms with Gasteiger partial charge in [0.05, 0.1) is 11.1 Å². The van der Waals surface area contributed by atoms with Gasteiger partial charge in [0.1, 0.15) is 0 Å². The average Bonchev–Trinajstić information content (AvgIpc) is 3.89. The summed E-state index contributed by atoms with van der Waals surface area (Å²) in [6.07, 6.45) is 0. The first-order valence-electron chi connectivity index (χ1n) is 20.5. The van der Waals surface area contributed by atoms with Crippen LogP contribution in [0.5, 0.6) is 0 Å². The maximum atomic E-state index is 2.62. The number of nitrogens with zero attached hydrogens (tertiary/aromatic N) is 2. The number of benzene rings is 8. The standard InChI is InChI=1S/C54H37BN2S/c1-33(2)34-29-48-51-49(30-34)57(36-19-7-4-8-20-36)52-41-31-45-40(32-50(41)58-53(52)55(51)46-27-15-16-28-47(46)56(48)35-17-5-3-6-18-35)39-23-11-14-26-44(39)54(45)42-24-12-9-21-37(42)38-22-10-13-25-43(38)54/h3-33H,1-2H3. The van der Waals surface area contributed by atoms with Crippen LogP contribution in [0, 0.1) is 0 Å². The first-order valence-corrected chi connectivity index (χ1v) is 21.3. The van der Waals surface area contributed by atoms with E-state index in [4.69, 9.17) is 0 Å². The first-order chi connectivity index (χ1) is 28.6. The highest BCUT2D eigenvalue weighted by Gasteiger charge is 2.52. The number of hydrogen-bond donors (Lipinski definition) is 0. The molecule has 3 heterocycles. The number of anilines is 6. The molecule has 2 aliphatic carbocycles. The molecule has 13 rings (SSSR count). The minimum absolute atomic E-state index is 0.0822. The number of rotatable bonds is 3. The fraction of sp³-hybridized carbons (Fsp3) is 0.0741. The van der Waals surface area contributed by atoms with Gasteiger partial charge in [-0.15, -0.1) is 11.3 Å². The summed E-state index contributed by atoms with van der Waals surface area (Å²) in [5.41, 5.74) is 22.0. The van der Waals surface area contributed by atoms with E-state index >= 15 is 0 Å². The van der Waals surface area contributed by atoms with Crippen molar-refractivity contribution in [1.29, 1.82) is 0 Å². The molecule has 0 amide bonds. The Balaban J connectivity index is 1.17. The smallest absolute Gasteiger partial charge is 0.264 e. The second kappa shape index (κ2) is 11.7. The zero-order valence-corrected chi connectivity index (χ0v) is 33.1. The van der Waals surface area contributed by atoms with E-state index in [0.717, 1.165) is 0 Å². The van der Waals surface area contributed by atoms with E-state index in [0.29, 0.717) is 5.92 Å². The molecule has 4 heteroatoms. The molecular formula is C54H37BN2S. The third kappa shape index (κ3) is 4.03. The summed E-state index contributed by atoms with van der Waals surface area (Å²) in [4.78, 5) is 5.13. The Bertz CT molecular complexity index is 3140. The Morgan fingerprint density at radius 2 is 1.00 bits per heavy atom. The van der Waals surface area contributed by atoms with E-state index < -0.39 is 5.41 Å². The van der Waals surface area contributed by atoms with Gasteiger partial charge in [0.15, 0.2) is 0 Å². The molecular weight excluding hydrogens is 719 g/mol. The summed E-state index contributed by atoms with van der Waals surface area (Å²) in [6.45, 7) is 4.74. The van der Waals surface area contributed by atoms with Crippen LogP contribution >= 0.6 is 11.3 Å². The Morgan fingerprint density at radius 3 is 1.62 bits per heavy atom. The van der Waals surface area contributed by atoms with Crippen molar-refractivity contribution in [2.24, 2.45) is 0 Å². The molecule has 9 aromatic rings. The Kier molecular flexibility index (Phi) is 6.56. The molecule has 0 unspecified atom stereocenters. The highest BCUT2D eigenvalue weighted by atomic mass is 32.1. The minimum atomic E-state index is -0.405. The summed E-state index contributed by atoms with van der Waals surface area (Å²) >= 11 is 1.99. The van der Waals surface area contributed by atoms with Crippen molar-refractivity contribution in [3.8, 4) is 22.3 Å². The van der Waals surface area contributed by atoms with Crippen LogP contribution in [0.4, 0.5) is 34.1 Å². The van der Waals surface area contributed by atoms with Crippen molar-refractivity contribution in [1.82, 2.24) is 0 Å². The Labute approximate surface area is 343 Å². The molecule has 1 spiro atoms. The zero-order chi connectivity index (χ0) is 38.3. The molecule has 0 saturated heterocycles. The van der Waals surface area contributed by atoms with E-state index in [2.05, 4.69) is 206 Å². The van der Waals surface area contributed by atoms with Crippen LogP contribution in [-0.4, -0.2) is 6.71 Å². The number of hydrogen-bond acceptors (Lipinski definition) is 3. The molecule has 58 heavy (non-hydrogen) atoms. The molecule has 0 fully saturated rings. The monoisotopic (exact) mass is 756 g/mol. The predicted octanol–water partition coefficient (Wildman–Crippen LogP) is 12.5. The maximum Gasteiger partial charge on any atom is 0.264 e. The molecule has 8 aromatic carbocycles. The molecule has 2 nitrogen and oxygen atoms in total. The van der Waals surface area contributed by atoms with Gasteiger partial charge in [-0.2, -0.15) is 0 Å². The summed E-state index contributed by atoms with van der Waals surface area (Å²) in [6, 6.07) is 68.8. The highest BCUT2D eigenvalue weighted by molar-refractivity contribution is 7.33. The molecule has 2 aliphatic heterocycles. The number of fused-ring (bicyclic) bond motifs is 16. The van der Waals surface area contributed by atoms with Gasteiger partial charge in [-0.25, -0.2) is 0 Å². The van der Waals surface area contributed by atoms with E-state index in [-0.39, 0.29) is 6.71 Å². The lowest BCUT2D eigenvalue weighted by atomic mass is 9.36. The van der Waals surface area contributed by atoms with Gasteiger partial charge in [0.2, 0.25) is 0 Å². The Morgan fingerprint density at radius 1 is 0.483 bits per heavy atom. The lowest BCUT2D eigenvalue weighted by Gasteiger charge is -2.43. The average molecular weight is 757 g/mol. The predicted molar refractivity (Wildman–Crippen MR) is 246 cm³/mol. The van der Waals surface area contributed by atoms with Crippen LogP contribution in [-0.2, 0) is 5.41 Å². The molecule has 4 aliphatic rings. The van der Waals surface area contributed by atoms with E-state index in [1.54, 1.807) is 0 Å². The second-order valence-corrected chi connectivity index (χ2v) is 17.6. The van der Waals surface area contributed by atoms with Gasteiger partial charge in [0.25, 0.3) is 6.71 Å². The van der Waals surface area contributed by atoms with Crippen molar-refractivity contribution in [2.75, 3.05) is 9.80 Å². The van der Waals surface area contributed by atoms with Crippen LogP contribution in [0.3, 0.4) is 0 Å². The molecule has 0 atom stereocenters. The third-order valence-electron chi connectivity index (χ3n) is 13.4. The van der Waals surface area contributed by atoms with Crippen molar-refractivity contribution in [3.63, 3.8) is 0 Å². The quantitative estimate of drug-likeness (QED) is 0.166. The van der Waals surface area contributed by atoms with Gasteiger partial charge >= 0.3 is 0 Å². The fourth-order valence-electron chi connectivity index (χ4n) is 11.1. The van der Waals surface area contributed by atoms with Gasteiger partial charge in [-0.1, -0.05) is 141 Å². The van der Waals surface area contributed by atoms with Crippen LogP contribution in [0.2, 0.25) is 0 Å². The molecule has 0 N–H and O–H groups in total. The summed E-state index contributed by atoms with van der Waals surface area (Å²) in [5.74, 6) is 0.345. The van der Waals surface area contributed by atoms with Crippen molar-refractivity contribution in [2.45, 2.75) is 25.2 Å². The van der Waals surface area contributed by atoms with Gasteiger partial charge in [0, 0.05) is 43.3 Å². The van der Waals surface area contributed by atoms with E-state index in [1.165, 1.54) is 110 Å².